The smallest absolute Gasteiger partial charge is 0.0809 e. The molecule has 0 aliphatic heterocycles. The number of benzene rings is 1. The minimum absolute atomic E-state index is 0.224. The summed E-state index contributed by atoms with van der Waals surface area (Å²) in [5, 5.41) is 2.72. The summed E-state index contributed by atoms with van der Waals surface area (Å²) < 4.78 is 0. The molecular weight excluding hydrogens is 394 g/mol. The van der Waals surface area contributed by atoms with Crippen molar-refractivity contribution in [1.29, 1.82) is 0 Å². The first-order valence-corrected chi connectivity index (χ1v) is 19.3. The molecule has 0 aliphatic rings. The summed E-state index contributed by atoms with van der Waals surface area (Å²) in [5.74, 6) is 0. The van der Waals surface area contributed by atoms with E-state index in [1.807, 2.05) is 30.3 Å². The number of hydrogen-bond donors (Lipinski definition) is 0. The van der Waals surface area contributed by atoms with Crippen molar-refractivity contribution in [2.45, 2.75) is 20.0 Å². The van der Waals surface area contributed by atoms with Crippen molar-refractivity contribution in [2.75, 3.05) is 0 Å². The van der Waals surface area contributed by atoms with Gasteiger partial charge in [0, 0.05) is 0 Å². The first-order valence-electron chi connectivity index (χ1n) is 6.78. The van der Waals surface area contributed by atoms with Gasteiger partial charge in [-0.15, -0.1) is 35.0 Å². The molecule has 0 aliphatic carbocycles. The summed E-state index contributed by atoms with van der Waals surface area (Å²) in [5.41, 5.74) is 1.15. The van der Waals surface area contributed by atoms with Crippen LogP contribution in [0.5, 0.6) is 0 Å². The van der Waals surface area contributed by atoms with E-state index < -0.39 is 18.0 Å². The molecule has 0 spiro atoms. The van der Waals surface area contributed by atoms with Crippen LogP contribution in [0, 0.1) is 6.92 Å². The van der Waals surface area contributed by atoms with Crippen LogP contribution in [0.2, 0.25) is 13.1 Å². The van der Waals surface area contributed by atoms with E-state index >= 15 is 0 Å². The van der Waals surface area contributed by atoms with Gasteiger partial charge < -0.3 is 0 Å². The molecule has 0 saturated carbocycles. The van der Waals surface area contributed by atoms with Crippen LogP contribution in [-0.4, -0.2) is 5.43 Å². The number of aryl methyl sites for hydroxylation is 1. The second-order valence-electron chi connectivity index (χ2n) is 4.83. The zero-order valence-corrected chi connectivity index (χ0v) is 17.6. The summed E-state index contributed by atoms with van der Waals surface area (Å²) >= 11 is -1.65. The zero-order chi connectivity index (χ0) is 15.7. The minimum Gasteiger partial charge on any atom is -0.214 e. The van der Waals surface area contributed by atoms with Crippen molar-refractivity contribution in [3.05, 3.63) is 72.3 Å². The van der Waals surface area contributed by atoms with E-state index in [1.165, 1.54) is 16.3 Å². The van der Waals surface area contributed by atoms with Crippen LogP contribution < -0.4 is 0 Å². The molecule has 112 valence electrons. The minimum atomic E-state index is -1.65. The molecule has 0 bridgehead atoms. The monoisotopic (exact) mass is 412 g/mol. The average Bonchev–Trinajstić information content (AvgIpc) is 3.14. The SMILES string of the molecule is C[Si](C)=[Zr]([Cl])[Cl].Cc1c[cH-]c2ccccc12.c1cc[cH-]c1. The predicted octanol–water partition coefficient (Wildman–Crippen LogP) is 6.44. The van der Waals surface area contributed by atoms with E-state index in [0.29, 0.717) is 0 Å². The summed E-state index contributed by atoms with van der Waals surface area (Å²) in [6.07, 6.45) is 0. The van der Waals surface area contributed by atoms with E-state index in [0.717, 1.165) is 0 Å². The van der Waals surface area contributed by atoms with Gasteiger partial charge in [-0.25, -0.2) is 12.1 Å². The Labute approximate surface area is 142 Å². The van der Waals surface area contributed by atoms with Crippen molar-refractivity contribution in [3.8, 4) is 0 Å². The Morgan fingerprint density at radius 3 is 2.00 bits per heavy atom. The Morgan fingerprint density at radius 1 is 1.00 bits per heavy atom. The molecule has 4 heteroatoms. The van der Waals surface area contributed by atoms with Gasteiger partial charge in [0.05, 0.1) is 0 Å². The van der Waals surface area contributed by atoms with Crippen molar-refractivity contribution >= 4 is 33.2 Å². The molecule has 0 nitrogen and oxygen atoms in total. The van der Waals surface area contributed by atoms with Crippen molar-refractivity contribution in [3.63, 3.8) is 0 Å². The molecule has 0 saturated heterocycles. The van der Waals surface area contributed by atoms with Crippen LogP contribution in [0.3, 0.4) is 0 Å². The molecule has 0 radical (unpaired) electrons. The number of hydrogen-bond acceptors (Lipinski definition) is 0. The van der Waals surface area contributed by atoms with E-state index in [4.69, 9.17) is 17.0 Å². The molecule has 21 heavy (non-hydrogen) atoms. The van der Waals surface area contributed by atoms with Gasteiger partial charge in [0.25, 0.3) is 0 Å². The van der Waals surface area contributed by atoms with E-state index in [2.05, 4.69) is 56.4 Å². The molecular formula is C17H20Cl2SiZr-2. The van der Waals surface area contributed by atoms with E-state index in [9.17, 15) is 0 Å². The molecule has 0 unspecified atom stereocenters. The second-order valence-corrected chi connectivity index (χ2v) is 27.8. The molecule has 0 N–H and O–H groups in total. The zero-order valence-electron chi connectivity index (χ0n) is 12.6. The van der Waals surface area contributed by atoms with Crippen molar-refractivity contribution < 1.29 is 18.0 Å². The Hall–Kier alpha value is -0.140. The molecule has 3 aromatic carbocycles. The van der Waals surface area contributed by atoms with Gasteiger partial charge >= 0.3 is 53.5 Å². The summed E-state index contributed by atoms with van der Waals surface area (Å²) in [7, 11) is 11.2. The van der Waals surface area contributed by atoms with Crippen LogP contribution in [0.25, 0.3) is 10.8 Å². The second kappa shape index (κ2) is 10.6. The molecule has 3 rings (SSSR count). The molecule has 0 aromatic heterocycles. The number of halogens is 2. The Bertz CT molecular complexity index is 634. The topological polar surface area (TPSA) is 0 Å². The van der Waals surface area contributed by atoms with Gasteiger partial charge in [-0.1, -0.05) is 13.0 Å². The average molecular weight is 415 g/mol. The Balaban J connectivity index is 0.000000173. The maximum absolute atomic E-state index is 5.62. The quantitative estimate of drug-likeness (QED) is 0.293. The van der Waals surface area contributed by atoms with Gasteiger partial charge in [0.15, 0.2) is 0 Å². The van der Waals surface area contributed by atoms with Gasteiger partial charge in [-0.05, 0) is 0 Å². The van der Waals surface area contributed by atoms with Crippen LogP contribution >= 0.6 is 17.0 Å². The third kappa shape index (κ3) is 7.61. The van der Waals surface area contributed by atoms with E-state index in [1.54, 1.807) is 0 Å². The Kier molecular flexibility index (Phi) is 9.51. The van der Waals surface area contributed by atoms with Crippen LogP contribution in [-0.2, 0) is 18.0 Å². The summed E-state index contributed by atoms with van der Waals surface area (Å²) in [4.78, 5) is 0. The number of fused-ring (bicyclic) bond motifs is 1. The molecule has 0 fully saturated rings. The van der Waals surface area contributed by atoms with Gasteiger partial charge in [0.2, 0.25) is 0 Å². The maximum atomic E-state index is 5.62. The standard InChI is InChI=1S/C10H9.C5H5.C2H6Si.2ClH.Zr/c1-8-6-7-9-4-2-3-5-10(8)9;1-2-4-5-3-1;1-3-2;;;/h2-7H,1H3;1-5H;1-2H3;2*1H;/q2*-1;;;;+2/p-2. The largest absolute Gasteiger partial charge is 0.214 e. The Morgan fingerprint density at radius 2 is 1.57 bits per heavy atom. The molecule has 3 aromatic rings. The van der Waals surface area contributed by atoms with Gasteiger partial charge in [0.1, 0.15) is 0 Å². The van der Waals surface area contributed by atoms with Crippen molar-refractivity contribution in [2.24, 2.45) is 0 Å². The number of rotatable bonds is 0. The third-order valence-electron chi connectivity index (χ3n) is 2.83. The maximum Gasteiger partial charge on any atom is -0.0809 e. The van der Waals surface area contributed by atoms with Gasteiger partial charge in [-0.3, -0.25) is 0 Å². The fourth-order valence-corrected chi connectivity index (χ4v) is 1.63. The first kappa shape index (κ1) is 18.9. The fourth-order valence-electron chi connectivity index (χ4n) is 1.63. The third-order valence-corrected chi connectivity index (χ3v) is 22.6. The fraction of sp³-hybridized carbons (Fsp3) is 0.176. The van der Waals surface area contributed by atoms with E-state index in [-0.39, 0.29) is 5.43 Å². The summed E-state index contributed by atoms with van der Waals surface area (Å²) in [6.45, 7) is 6.47. The van der Waals surface area contributed by atoms with Gasteiger partial charge in [-0.2, -0.15) is 29.8 Å². The van der Waals surface area contributed by atoms with Crippen LogP contribution in [0.4, 0.5) is 0 Å². The summed E-state index contributed by atoms with van der Waals surface area (Å²) in [6, 6.07) is 22.8. The van der Waals surface area contributed by atoms with Crippen LogP contribution in [0.1, 0.15) is 5.56 Å². The molecule has 0 amide bonds. The van der Waals surface area contributed by atoms with Crippen LogP contribution in [0.15, 0.2) is 66.7 Å². The first-order chi connectivity index (χ1) is 10.0. The van der Waals surface area contributed by atoms with Crippen molar-refractivity contribution in [1.82, 2.24) is 0 Å². The predicted molar refractivity (Wildman–Crippen MR) is 95.5 cm³/mol. The molecule has 0 heterocycles. The normalized spacial score (nSPS) is 9.19. The molecule has 0 atom stereocenters.